The van der Waals surface area contributed by atoms with Crippen molar-refractivity contribution < 1.29 is 4.42 Å². The fourth-order valence-corrected chi connectivity index (χ4v) is 3.48. The lowest BCUT2D eigenvalue weighted by molar-refractivity contribution is 0.222. The minimum absolute atomic E-state index is 0.124. The molecule has 0 bridgehead atoms. The molecule has 1 atom stereocenters. The Morgan fingerprint density at radius 2 is 2.20 bits per heavy atom. The molecule has 1 aromatic rings. The Balaban J connectivity index is 1.96. The van der Waals surface area contributed by atoms with E-state index in [0.29, 0.717) is 6.04 Å². The van der Waals surface area contributed by atoms with Crippen LogP contribution in [0.2, 0.25) is 0 Å². The maximum atomic E-state index is 5.89. The summed E-state index contributed by atoms with van der Waals surface area (Å²) in [6, 6.07) is 2.89. The van der Waals surface area contributed by atoms with Gasteiger partial charge in [-0.25, -0.2) is 0 Å². The van der Waals surface area contributed by atoms with E-state index in [1.54, 1.807) is 0 Å². The molecule has 0 radical (unpaired) electrons. The van der Waals surface area contributed by atoms with Crippen molar-refractivity contribution in [1.82, 2.24) is 10.2 Å². The van der Waals surface area contributed by atoms with Gasteiger partial charge in [0.1, 0.15) is 11.5 Å². The van der Waals surface area contributed by atoms with Gasteiger partial charge in [0.15, 0.2) is 0 Å². The number of thioether (sulfide) groups is 1. The van der Waals surface area contributed by atoms with Crippen LogP contribution >= 0.6 is 11.8 Å². The quantitative estimate of drug-likeness (QED) is 0.921. The Bertz CT molecular complexity index is 436. The second-order valence-electron chi connectivity index (χ2n) is 6.79. The van der Waals surface area contributed by atoms with Crippen molar-refractivity contribution in [2.45, 2.75) is 59.3 Å². The molecule has 3 nitrogen and oxygen atoms in total. The summed E-state index contributed by atoms with van der Waals surface area (Å²) in [6.07, 6.45) is 0. The zero-order valence-corrected chi connectivity index (χ0v) is 14.3. The number of nitrogens with zero attached hydrogens (tertiary/aromatic N) is 1. The van der Waals surface area contributed by atoms with Gasteiger partial charge in [-0.3, -0.25) is 4.90 Å². The molecule has 0 spiro atoms. The monoisotopic (exact) mass is 296 g/mol. The van der Waals surface area contributed by atoms with Crippen LogP contribution in [0.25, 0.3) is 0 Å². The summed E-state index contributed by atoms with van der Waals surface area (Å²) >= 11 is 2.06. The van der Waals surface area contributed by atoms with Crippen LogP contribution in [0.1, 0.15) is 44.8 Å². The minimum Gasteiger partial charge on any atom is -0.465 e. The first-order valence-electron chi connectivity index (χ1n) is 7.50. The summed E-state index contributed by atoms with van der Waals surface area (Å²) in [4.78, 5) is 2.56. The second kappa shape index (κ2) is 6.54. The molecule has 0 aliphatic carbocycles. The highest BCUT2D eigenvalue weighted by atomic mass is 32.2. The highest BCUT2D eigenvalue weighted by Crippen LogP contribution is 2.22. The number of aryl methyl sites for hydroxylation is 1. The van der Waals surface area contributed by atoms with Gasteiger partial charge in [-0.1, -0.05) is 0 Å². The molecule has 1 aromatic heterocycles. The third-order valence-corrected chi connectivity index (χ3v) is 4.93. The van der Waals surface area contributed by atoms with Crippen LogP contribution in [0.15, 0.2) is 10.5 Å². The third-order valence-electron chi connectivity index (χ3n) is 3.74. The van der Waals surface area contributed by atoms with Crippen molar-refractivity contribution in [3.8, 4) is 0 Å². The first kappa shape index (κ1) is 15.9. The summed E-state index contributed by atoms with van der Waals surface area (Å²) in [5, 5.41) is 3.48. The molecule has 4 heteroatoms. The molecule has 1 aliphatic heterocycles. The van der Waals surface area contributed by atoms with Crippen molar-refractivity contribution in [1.29, 1.82) is 0 Å². The van der Waals surface area contributed by atoms with Gasteiger partial charge in [0.05, 0.1) is 6.54 Å². The third kappa shape index (κ3) is 4.54. The molecule has 1 unspecified atom stereocenters. The molecular formula is C16H28N2OS. The topological polar surface area (TPSA) is 28.4 Å². The lowest BCUT2D eigenvalue weighted by Gasteiger charge is -2.32. The lowest BCUT2D eigenvalue weighted by Crippen LogP contribution is -2.39. The summed E-state index contributed by atoms with van der Waals surface area (Å²) in [7, 11) is 0. The zero-order valence-electron chi connectivity index (χ0n) is 13.5. The smallest absolute Gasteiger partial charge is 0.118 e. The van der Waals surface area contributed by atoms with Crippen molar-refractivity contribution in [2.24, 2.45) is 0 Å². The molecule has 0 aromatic carbocycles. The summed E-state index contributed by atoms with van der Waals surface area (Å²) < 4.78 is 5.89. The van der Waals surface area contributed by atoms with Gasteiger partial charge in [-0.15, -0.1) is 0 Å². The predicted molar refractivity (Wildman–Crippen MR) is 87.2 cm³/mol. The summed E-state index contributed by atoms with van der Waals surface area (Å²) in [5.74, 6) is 4.61. The van der Waals surface area contributed by atoms with Gasteiger partial charge >= 0.3 is 0 Å². The van der Waals surface area contributed by atoms with Crippen LogP contribution in [0.5, 0.6) is 0 Å². The summed E-state index contributed by atoms with van der Waals surface area (Å²) in [6.45, 7) is 13.9. The largest absolute Gasteiger partial charge is 0.465 e. The van der Waals surface area contributed by atoms with Gasteiger partial charge in [0.25, 0.3) is 0 Å². The Labute approximate surface area is 127 Å². The predicted octanol–water partition coefficient (Wildman–Crippen LogP) is 3.41. The van der Waals surface area contributed by atoms with E-state index in [1.807, 2.05) is 0 Å². The zero-order chi connectivity index (χ0) is 14.8. The van der Waals surface area contributed by atoms with Crippen LogP contribution in [-0.4, -0.2) is 34.5 Å². The number of rotatable bonds is 4. The number of nitrogens with one attached hydrogen (secondary N) is 1. The second-order valence-corrected chi connectivity index (χ2v) is 7.94. The highest BCUT2D eigenvalue weighted by Gasteiger charge is 2.20. The summed E-state index contributed by atoms with van der Waals surface area (Å²) in [5.41, 5.74) is 1.47. The number of hydrogen-bond donors (Lipinski definition) is 1. The highest BCUT2D eigenvalue weighted by molar-refractivity contribution is 7.99. The van der Waals surface area contributed by atoms with Crippen LogP contribution in [-0.2, 0) is 13.1 Å². The normalized spacial score (nSPS) is 21.4. The lowest BCUT2D eigenvalue weighted by atomic mass is 10.1. The Hall–Kier alpha value is -0.450. The molecule has 114 valence electrons. The molecule has 2 heterocycles. The SMILES string of the molecule is Cc1oc(CNC(C)(C)C)cc1CN1CCSCC1C. The Morgan fingerprint density at radius 3 is 2.85 bits per heavy atom. The molecule has 1 N–H and O–H groups in total. The van der Waals surface area contributed by atoms with E-state index in [-0.39, 0.29) is 5.54 Å². The first-order chi connectivity index (χ1) is 9.35. The molecule has 0 saturated carbocycles. The first-order valence-corrected chi connectivity index (χ1v) is 8.65. The van der Waals surface area contributed by atoms with Crippen LogP contribution < -0.4 is 5.32 Å². The minimum atomic E-state index is 0.124. The van der Waals surface area contributed by atoms with Gasteiger partial charge < -0.3 is 9.73 Å². The van der Waals surface area contributed by atoms with Gasteiger partial charge in [0.2, 0.25) is 0 Å². The van der Waals surface area contributed by atoms with E-state index >= 15 is 0 Å². The number of furan rings is 1. The van der Waals surface area contributed by atoms with Crippen molar-refractivity contribution in [3.05, 3.63) is 23.2 Å². The van der Waals surface area contributed by atoms with E-state index in [9.17, 15) is 0 Å². The Kier molecular flexibility index (Phi) is 5.21. The van der Waals surface area contributed by atoms with Crippen molar-refractivity contribution in [2.75, 3.05) is 18.1 Å². The van der Waals surface area contributed by atoms with Crippen molar-refractivity contribution >= 4 is 11.8 Å². The molecule has 1 aliphatic rings. The standard InChI is InChI=1S/C16H28N2OS/c1-12-11-20-7-6-18(12)10-14-8-15(19-13(14)2)9-17-16(3,4)5/h8,12,17H,6-7,9-11H2,1-5H3. The van der Waals surface area contributed by atoms with Crippen LogP contribution in [0, 0.1) is 6.92 Å². The fraction of sp³-hybridized carbons (Fsp3) is 0.750. The average molecular weight is 296 g/mol. The molecule has 1 fully saturated rings. The molecule has 1 saturated heterocycles. The van der Waals surface area contributed by atoms with Crippen LogP contribution in [0.4, 0.5) is 0 Å². The molecule has 2 rings (SSSR count). The molecule has 20 heavy (non-hydrogen) atoms. The van der Waals surface area contributed by atoms with E-state index in [2.05, 4.69) is 62.7 Å². The molecular weight excluding hydrogens is 268 g/mol. The van der Waals surface area contributed by atoms with Crippen LogP contribution in [0.3, 0.4) is 0 Å². The van der Waals surface area contributed by atoms with Gasteiger partial charge in [-0.05, 0) is 40.7 Å². The fourth-order valence-electron chi connectivity index (χ4n) is 2.40. The maximum Gasteiger partial charge on any atom is 0.118 e. The maximum absolute atomic E-state index is 5.89. The van der Waals surface area contributed by atoms with Crippen molar-refractivity contribution in [3.63, 3.8) is 0 Å². The van der Waals surface area contributed by atoms with E-state index in [1.165, 1.54) is 23.6 Å². The van der Waals surface area contributed by atoms with E-state index < -0.39 is 0 Å². The average Bonchev–Trinajstić information content (AvgIpc) is 2.70. The van der Waals surface area contributed by atoms with Gasteiger partial charge in [-0.2, -0.15) is 11.8 Å². The van der Waals surface area contributed by atoms with E-state index in [0.717, 1.165) is 24.6 Å². The van der Waals surface area contributed by atoms with Gasteiger partial charge in [0, 0.05) is 41.7 Å². The Morgan fingerprint density at radius 1 is 1.45 bits per heavy atom. The number of hydrogen-bond acceptors (Lipinski definition) is 4. The molecule has 0 amide bonds. The van der Waals surface area contributed by atoms with E-state index in [4.69, 9.17) is 4.42 Å².